The fourth-order valence-corrected chi connectivity index (χ4v) is 0.958. The molecule has 0 aliphatic carbocycles. The lowest BCUT2D eigenvalue weighted by molar-refractivity contribution is -0.696. The second kappa shape index (κ2) is 4.51. The highest BCUT2D eigenvalue weighted by Gasteiger charge is 1.94. The van der Waals surface area contributed by atoms with Gasteiger partial charge >= 0.3 is 0 Å². The first-order valence-electron chi connectivity index (χ1n) is 3.82. The van der Waals surface area contributed by atoms with Crippen LogP contribution in [0.3, 0.4) is 0 Å². The van der Waals surface area contributed by atoms with Crippen LogP contribution in [0.4, 0.5) is 0 Å². The molecule has 0 saturated heterocycles. The zero-order valence-corrected chi connectivity index (χ0v) is 6.45. The summed E-state index contributed by atoms with van der Waals surface area (Å²) >= 11 is 0. The Hall–Kier alpha value is -1.30. The van der Waals surface area contributed by atoms with E-state index in [4.69, 9.17) is 5.26 Å². The van der Waals surface area contributed by atoms with Gasteiger partial charge in [-0.25, -0.2) is 4.57 Å². The standard InChI is InChI=1S/C8H11N3/c9-4-2-1-3-6-11-7-5-10-8-11/h5,7-8H,1-3,6H2/p+1. The first-order chi connectivity index (χ1) is 5.43. The van der Waals surface area contributed by atoms with Crippen LogP contribution in [0, 0.1) is 11.3 Å². The van der Waals surface area contributed by atoms with Crippen LogP contribution in [0.5, 0.6) is 0 Å². The van der Waals surface area contributed by atoms with Crippen LogP contribution in [0.15, 0.2) is 18.7 Å². The lowest BCUT2D eigenvalue weighted by Gasteiger charge is -1.91. The van der Waals surface area contributed by atoms with E-state index in [0.717, 1.165) is 19.4 Å². The summed E-state index contributed by atoms with van der Waals surface area (Å²) in [4.78, 5) is 2.97. The summed E-state index contributed by atoms with van der Waals surface area (Å²) in [5, 5.41) is 8.26. The molecule has 1 aromatic heterocycles. The van der Waals surface area contributed by atoms with Crippen molar-refractivity contribution >= 4 is 0 Å². The van der Waals surface area contributed by atoms with Gasteiger partial charge in [0.05, 0.1) is 12.6 Å². The Bertz CT molecular complexity index is 220. The summed E-state index contributed by atoms with van der Waals surface area (Å²) in [6.45, 7) is 1.01. The zero-order valence-electron chi connectivity index (χ0n) is 6.45. The van der Waals surface area contributed by atoms with E-state index in [-0.39, 0.29) is 0 Å². The van der Waals surface area contributed by atoms with Crippen LogP contribution in [0.25, 0.3) is 0 Å². The molecule has 11 heavy (non-hydrogen) atoms. The molecule has 0 spiro atoms. The van der Waals surface area contributed by atoms with Crippen LogP contribution in [-0.2, 0) is 6.54 Å². The fourth-order valence-electron chi connectivity index (χ4n) is 0.958. The average Bonchev–Trinajstić information content (AvgIpc) is 2.50. The number of rotatable bonds is 4. The third-order valence-electron chi connectivity index (χ3n) is 1.56. The van der Waals surface area contributed by atoms with E-state index in [1.54, 1.807) is 0 Å². The summed E-state index contributed by atoms with van der Waals surface area (Å²) in [5.41, 5.74) is 0. The molecule has 3 heteroatoms. The quantitative estimate of drug-likeness (QED) is 0.505. The van der Waals surface area contributed by atoms with Crippen LogP contribution in [-0.4, -0.2) is 4.98 Å². The van der Waals surface area contributed by atoms with Gasteiger partial charge in [-0.15, -0.1) is 0 Å². The van der Waals surface area contributed by atoms with Gasteiger partial charge in [-0.2, -0.15) is 5.26 Å². The summed E-state index contributed by atoms with van der Waals surface area (Å²) in [6.07, 6.45) is 8.55. The molecule has 0 aliphatic heterocycles. The Labute approximate surface area is 66.3 Å². The van der Waals surface area contributed by atoms with Gasteiger partial charge in [0.1, 0.15) is 12.4 Å². The monoisotopic (exact) mass is 150 g/mol. The van der Waals surface area contributed by atoms with Crippen molar-refractivity contribution in [3.63, 3.8) is 0 Å². The number of aryl methyl sites for hydroxylation is 1. The largest absolute Gasteiger partial charge is 0.250 e. The van der Waals surface area contributed by atoms with Crippen molar-refractivity contribution in [3.05, 3.63) is 18.7 Å². The average molecular weight is 150 g/mol. The van der Waals surface area contributed by atoms with Crippen molar-refractivity contribution in [3.8, 4) is 6.07 Å². The molecule has 3 nitrogen and oxygen atoms in total. The second-order valence-electron chi connectivity index (χ2n) is 2.46. The first kappa shape index (κ1) is 7.80. The molecule has 0 aliphatic rings. The van der Waals surface area contributed by atoms with Crippen molar-refractivity contribution in [2.45, 2.75) is 25.8 Å². The summed E-state index contributed by atoms with van der Waals surface area (Å²) < 4.78 is 2.08. The molecule has 1 rings (SSSR count). The number of hydrogen-bond acceptors (Lipinski definition) is 1. The number of nitrogens with zero attached hydrogens (tertiary/aromatic N) is 2. The number of hydrogen-bond donors (Lipinski definition) is 1. The third-order valence-corrected chi connectivity index (χ3v) is 1.56. The van der Waals surface area contributed by atoms with Gasteiger partial charge in [0.15, 0.2) is 0 Å². The molecule has 0 amide bonds. The highest BCUT2D eigenvalue weighted by atomic mass is 15.0. The predicted octanol–water partition coefficient (Wildman–Crippen LogP) is 0.996. The molecule has 0 saturated carbocycles. The molecule has 0 aromatic carbocycles. The van der Waals surface area contributed by atoms with Crippen LogP contribution in [0.1, 0.15) is 19.3 Å². The molecule has 0 fully saturated rings. The number of aromatic nitrogens is 2. The van der Waals surface area contributed by atoms with Gasteiger partial charge in [0.25, 0.3) is 0 Å². The SMILES string of the molecule is N#CCCCC[n+]1cc[nH]c1. The van der Waals surface area contributed by atoms with Gasteiger partial charge < -0.3 is 0 Å². The Morgan fingerprint density at radius 2 is 2.36 bits per heavy atom. The number of imidazole rings is 1. The minimum atomic E-state index is 0.672. The number of aromatic amines is 1. The highest BCUT2D eigenvalue weighted by Crippen LogP contribution is 1.92. The van der Waals surface area contributed by atoms with E-state index in [9.17, 15) is 0 Å². The third kappa shape index (κ3) is 2.85. The minimum Gasteiger partial charge on any atom is -0.250 e. The molecule has 1 N–H and O–H groups in total. The van der Waals surface area contributed by atoms with Gasteiger partial charge in [-0.1, -0.05) is 0 Å². The highest BCUT2D eigenvalue weighted by molar-refractivity contribution is 4.67. The Morgan fingerprint density at radius 1 is 1.45 bits per heavy atom. The molecule has 0 bridgehead atoms. The van der Waals surface area contributed by atoms with Crippen LogP contribution >= 0.6 is 0 Å². The summed E-state index contributed by atoms with van der Waals surface area (Å²) in [5.74, 6) is 0. The van der Waals surface area contributed by atoms with Crippen molar-refractivity contribution in [2.75, 3.05) is 0 Å². The maximum atomic E-state index is 8.26. The molecular weight excluding hydrogens is 138 g/mol. The maximum absolute atomic E-state index is 8.26. The lowest BCUT2D eigenvalue weighted by atomic mass is 10.2. The summed E-state index contributed by atoms with van der Waals surface area (Å²) in [6, 6.07) is 2.13. The van der Waals surface area contributed by atoms with Crippen molar-refractivity contribution < 1.29 is 4.57 Å². The number of H-pyrrole nitrogens is 1. The van der Waals surface area contributed by atoms with Gasteiger partial charge in [-0.05, 0) is 12.8 Å². The van der Waals surface area contributed by atoms with Crippen LogP contribution < -0.4 is 4.57 Å². The molecule has 0 unspecified atom stereocenters. The number of nitrogens with one attached hydrogen (secondary N) is 1. The molecule has 1 heterocycles. The molecule has 58 valence electrons. The molecule has 1 aromatic rings. The second-order valence-corrected chi connectivity index (χ2v) is 2.46. The van der Waals surface area contributed by atoms with E-state index in [1.807, 2.05) is 18.7 Å². The van der Waals surface area contributed by atoms with Gasteiger partial charge in [-0.3, -0.25) is 4.98 Å². The van der Waals surface area contributed by atoms with E-state index in [1.165, 1.54) is 0 Å². The smallest absolute Gasteiger partial charge is 0.241 e. The molecular formula is C8H12N3+. The zero-order chi connectivity index (χ0) is 7.94. The topological polar surface area (TPSA) is 43.5 Å². The number of nitriles is 1. The van der Waals surface area contributed by atoms with Crippen molar-refractivity contribution in [1.29, 1.82) is 5.26 Å². The minimum absolute atomic E-state index is 0.672. The van der Waals surface area contributed by atoms with E-state index in [2.05, 4.69) is 15.6 Å². The number of unbranched alkanes of at least 4 members (excludes halogenated alkanes) is 2. The van der Waals surface area contributed by atoms with Crippen molar-refractivity contribution in [2.24, 2.45) is 0 Å². The molecule has 0 atom stereocenters. The fraction of sp³-hybridized carbons (Fsp3) is 0.500. The van der Waals surface area contributed by atoms with Crippen LogP contribution in [0.2, 0.25) is 0 Å². The Balaban J connectivity index is 2.10. The van der Waals surface area contributed by atoms with E-state index >= 15 is 0 Å². The van der Waals surface area contributed by atoms with Gasteiger partial charge in [0, 0.05) is 6.42 Å². The predicted molar refractivity (Wildman–Crippen MR) is 40.5 cm³/mol. The maximum Gasteiger partial charge on any atom is 0.241 e. The van der Waals surface area contributed by atoms with Crippen molar-refractivity contribution in [1.82, 2.24) is 4.98 Å². The normalized spacial score (nSPS) is 9.36. The first-order valence-corrected chi connectivity index (χ1v) is 3.82. The Morgan fingerprint density at radius 3 is 3.00 bits per heavy atom. The van der Waals surface area contributed by atoms with Gasteiger partial charge in [0.2, 0.25) is 6.33 Å². The van der Waals surface area contributed by atoms with E-state index < -0.39 is 0 Å². The lowest BCUT2D eigenvalue weighted by Crippen LogP contribution is -2.30. The molecule has 0 radical (unpaired) electrons. The van der Waals surface area contributed by atoms with E-state index in [0.29, 0.717) is 6.42 Å². The summed E-state index contributed by atoms with van der Waals surface area (Å²) in [7, 11) is 0. The Kier molecular flexibility index (Phi) is 3.20.